The van der Waals surface area contributed by atoms with E-state index in [-0.39, 0.29) is 11.9 Å². The second kappa shape index (κ2) is 6.82. The highest BCUT2D eigenvalue weighted by atomic mass is 16.1. The highest BCUT2D eigenvalue weighted by Gasteiger charge is 2.09. The molecule has 0 spiro atoms. The molecule has 1 heterocycles. The number of carbonyl (C=O) groups excluding carboxylic acids is 1. The number of hydrogen-bond donors (Lipinski definition) is 2. The first-order valence-electron chi connectivity index (χ1n) is 6.68. The number of rotatable bonds is 5. The lowest BCUT2D eigenvalue weighted by Gasteiger charge is -2.12. The van der Waals surface area contributed by atoms with Crippen LogP contribution in [0.15, 0.2) is 48.8 Å². The van der Waals surface area contributed by atoms with Gasteiger partial charge in [-0.15, -0.1) is 0 Å². The molecular formula is C16H19N3O. The molecule has 0 aliphatic heterocycles. The van der Waals surface area contributed by atoms with Crippen LogP contribution in [0.25, 0.3) is 0 Å². The van der Waals surface area contributed by atoms with Crippen molar-refractivity contribution in [1.29, 1.82) is 0 Å². The maximum absolute atomic E-state index is 11.9. The summed E-state index contributed by atoms with van der Waals surface area (Å²) >= 11 is 0. The molecule has 0 aliphatic carbocycles. The van der Waals surface area contributed by atoms with Crippen molar-refractivity contribution in [2.24, 2.45) is 5.73 Å². The van der Waals surface area contributed by atoms with Crippen LogP contribution in [0.1, 0.15) is 30.0 Å². The van der Waals surface area contributed by atoms with Crippen molar-refractivity contribution in [2.75, 3.05) is 5.32 Å². The van der Waals surface area contributed by atoms with Gasteiger partial charge in [0.05, 0.1) is 0 Å². The first-order valence-corrected chi connectivity index (χ1v) is 6.68. The van der Waals surface area contributed by atoms with Crippen molar-refractivity contribution in [3.05, 3.63) is 59.9 Å². The minimum atomic E-state index is -0.111. The summed E-state index contributed by atoms with van der Waals surface area (Å²) in [5.74, 6) is -0.0225. The average Bonchev–Trinajstić information content (AvgIpc) is 2.48. The maximum atomic E-state index is 11.9. The van der Waals surface area contributed by atoms with Gasteiger partial charge >= 0.3 is 0 Å². The SMILES string of the molecule is Cc1cnccc1NC(=O)CCC(N)c1ccccc1. The Balaban J connectivity index is 1.85. The number of hydrogen-bond acceptors (Lipinski definition) is 3. The number of pyridine rings is 1. The number of carbonyl (C=O) groups is 1. The molecule has 1 atom stereocenters. The first-order chi connectivity index (χ1) is 9.66. The van der Waals surface area contributed by atoms with Gasteiger partial charge in [0, 0.05) is 30.5 Å². The number of aromatic nitrogens is 1. The van der Waals surface area contributed by atoms with Crippen LogP contribution >= 0.6 is 0 Å². The minimum Gasteiger partial charge on any atom is -0.326 e. The molecule has 0 saturated heterocycles. The number of aryl methyl sites for hydroxylation is 1. The Bertz CT molecular complexity index is 569. The van der Waals surface area contributed by atoms with E-state index in [0.29, 0.717) is 12.8 Å². The topological polar surface area (TPSA) is 68.0 Å². The summed E-state index contributed by atoms with van der Waals surface area (Å²) in [6.07, 6.45) is 4.42. The van der Waals surface area contributed by atoms with E-state index >= 15 is 0 Å². The minimum absolute atomic E-state index is 0.0225. The third kappa shape index (κ3) is 3.90. The van der Waals surface area contributed by atoms with Gasteiger partial charge in [0.15, 0.2) is 0 Å². The molecule has 2 rings (SSSR count). The van der Waals surface area contributed by atoms with Gasteiger partial charge in [-0.2, -0.15) is 0 Å². The summed E-state index contributed by atoms with van der Waals surface area (Å²) in [6, 6.07) is 11.5. The first kappa shape index (κ1) is 14.2. The van der Waals surface area contributed by atoms with Gasteiger partial charge in [0.25, 0.3) is 0 Å². The van der Waals surface area contributed by atoms with E-state index < -0.39 is 0 Å². The van der Waals surface area contributed by atoms with Crippen LogP contribution in [0, 0.1) is 6.92 Å². The predicted molar refractivity (Wildman–Crippen MR) is 80.2 cm³/mol. The standard InChI is InChI=1S/C16H19N3O/c1-12-11-18-10-9-15(12)19-16(20)8-7-14(17)13-5-3-2-4-6-13/h2-6,9-11,14H,7-8,17H2,1H3,(H,18,19,20). The number of amides is 1. The molecule has 20 heavy (non-hydrogen) atoms. The molecule has 0 bridgehead atoms. The Kier molecular flexibility index (Phi) is 4.85. The number of nitrogens with two attached hydrogens (primary N) is 1. The molecule has 3 N–H and O–H groups in total. The monoisotopic (exact) mass is 269 g/mol. The Hall–Kier alpha value is -2.20. The summed E-state index contributed by atoms with van der Waals surface area (Å²) in [7, 11) is 0. The van der Waals surface area contributed by atoms with Crippen molar-refractivity contribution in [3.8, 4) is 0 Å². The molecule has 0 aliphatic rings. The van der Waals surface area contributed by atoms with E-state index in [1.165, 1.54) is 0 Å². The van der Waals surface area contributed by atoms with E-state index in [4.69, 9.17) is 5.73 Å². The number of nitrogens with zero attached hydrogens (tertiary/aromatic N) is 1. The van der Waals surface area contributed by atoms with E-state index in [2.05, 4.69) is 10.3 Å². The second-order valence-electron chi connectivity index (χ2n) is 4.79. The molecule has 1 unspecified atom stereocenters. The van der Waals surface area contributed by atoms with Gasteiger partial charge in [-0.05, 0) is 30.5 Å². The van der Waals surface area contributed by atoms with E-state index in [9.17, 15) is 4.79 Å². The zero-order valence-corrected chi connectivity index (χ0v) is 11.5. The Labute approximate surface area is 119 Å². The number of anilines is 1. The fourth-order valence-corrected chi connectivity index (χ4v) is 1.98. The second-order valence-corrected chi connectivity index (χ2v) is 4.79. The number of nitrogens with one attached hydrogen (secondary N) is 1. The molecule has 1 aromatic heterocycles. The van der Waals surface area contributed by atoms with Crippen molar-refractivity contribution in [3.63, 3.8) is 0 Å². The molecule has 0 fully saturated rings. The zero-order valence-electron chi connectivity index (χ0n) is 11.5. The highest BCUT2D eigenvalue weighted by molar-refractivity contribution is 5.91. The van der Waals surface area contributed by atoms with Gasteiger partial charge in [-0.25, -0.2) is 0 Å². The van der Waals surface area contributed by atoms with Crippen molar-refractivity contribution in [1.82, 2.24) is 4.98 Å². The van der Waals surface area contributed by atoms with Crippen LogP contribution in [0.4, 0.5) is 5.69 Å². The largest absolute Gasteiger partial charge is 0.326 e. The predicted octanol–water partition coefficient (Wildman–Crippen LogP) is 2.81. The lowest BCUT2D eigenvalue weighted by molar-refractivity contribution is -0.116. The van der Waals surface area contributed by atoms with Gasteiger partial charge in [0.1, 0.15) is 0 Å². The van der Waals surface area contributed by atoms with E-state index in [1.807, 2.05) is 37.3 Å². The van der Waals surface area contributed by atoms with E-state index in [1.54, 1.807) is 18.5 Å². The third-order valence-corrected chi connectivity index (χ3v) is 3.20. The normalized spacial score (nSPS) is 11.9. The van der Waals surface area contributed by atoms with E-state index in [0.717, 1.165) is 16.8 Å². The molecule has 1 aromatic carbocycles. The number of benzene rings is 1. The molecule has 104 valence electrons. The van der Waals surface area contributed by atoms with Gasteiger partial charge in [-0.1, -0.05) is 30.3 Å². The highest BCUT2D eigenvalue weighted by Crippen LogP contribution is 2.17. The molecule has 4 heteroatoms. The Morgan fingerprint density at radius 1 is 1.30 bits per heavy atom. The van der Waals surface area contributed by atoms with Gasteiger partial charge < -0.3 is 11.1 Å². The molecule has 0 saturated carbocycles. The smallest absolute Gasteiger partial charge is 0.224 e. The Morgan fingerprint density at radius 2 is 2.05 bits per heavy atom. The fourth-order valence-electron chi connectivity index (χ4n) is 1.98. The molecule has 2 aromatic rings. The van der Waals surface area contributed by atoms with Crippen LogP contribution in [0.3, 0.4) is 0 Å². The van der Waals surface area contributed by atoms with Crippen LogP contribution in [0.5, 0.6) is 0 Å². The molecule has 0 radical (unpaired) electrons. The molecule has 1 amide bonds. The van der Waals surface area contributed by atoms with Crippen LogP contribution in [-0.2, 0) is 4.79 Å². The summed E-state index contributed by atoms with van der Waals surface area (Å²) in [5, 5.41) is 2.88. The van der Waals surface area contributed by atoms with Crippen LogP contribution in [-0.4, -0.2) is 10.9 Å². The lowest BCUT2D eigenvalue weighted by atomic mass is 10.0. The summed E-state index contributed by atoms with van der Waals surface area (Å²) in [4.78, 5) is 15.9. The summed E-state index contributed by atoms with van der Waals surface area (Å²) in [6.45, 7) is 1.91. The Morgan fingerprint density at radius 3 is 2.75 bits per heavy atom. The molecular weight excluding hydrogens is 250 g/mol. The van der Waals surface area contributed by atoms with Gasteiger partial charge in [-0.3, -0.25) is 9.78 Å². The van der Waals surface area contributed by atoms with Crippen LogP contribution in [0.2, 0.25) is 0 Å². The van der Waals surface area contributed by atoms with Gasteiger partial charge in [0.2, 0.25) is 5.91 Å². The zero-order chi connectivity index (χ0) is 14.4. The summed E-state index contributed by atoms with van der Waals surface area (Å²) in [5.41, 5.74) is 8.89. The average molecular weight is 269 g/mol. The quantitative estimate of drug-likeness (QED) is 0.877. The third-order valence-electron chi connectivity index (χ3n) is 3.20. The van der Waals surface area contributed by atoms with Crippen molar-refractivity contribution >= 4 is 11.6 Å². The van der Waals surface area contributed by atoms with Crippen LogP contribution < -0.4 is 11.1 Å². The summed E-state index contributed by atoms with van der Waals surface area (Å²) < 4.78 is 0. The maximum Gasteiger partial charge on any atom is 0.224 e. The molecule has 4 nitrogen and oxygen atoms in total. The lowest BCUT2D eigenvalue weighted by Crippen LogP contribution is -2.17. The fraction of sp³-hybridized carbons (Fsp3) is 0.250. The van der Waals surface area contributed by atoms with Crippen molar-refractivity contribution < 1.29 is 4.79 Å². The van der Waals surface area contributed by atoms with Crippen molar-refractivity contribution in [2.45, 2.75) is 25.8 Å².